The molecule has 0 aromatic heterocycles. The summed E-state index contributed by atoms with van der Waals surface area (Å²) < 4.78 is 26.1. The molecule has 72 valence electrons. The van der Waals surface area contributed by atoms with E-state index in [2.05, 4.69) is 0 Å². The van der Waals surface area contributed by atoms with Gasteiger partial charge in [-0.25, -0.2) is 8.78 Å². The minimum Gasteiger partial charge on any atom is -0.394 e. The first kappa shape index (κ1) is 10.4. The van der Waals surface area contributed by atoms with Gasteiger partial charge in [-0.05, 0) is 12.1 Å². The second-order valence-electron chi connectivity index (χ2n) is 2.55. The van der Waals surface area contributed by atoms with Crippen LogP contribution < -0.4 is 5.73 Å². The molecule has 0 aliphatic carbocycles. The van der Waals surface area contributed by atoms with Crippen molar-refractivity contribution in [1.82, 2.24) is 0 Å². The minimum absolute atomic E-state index is 0.208. The van der Waals surface area contributed by atoms with Crippen molar-refractivity contribution in [3.63, 3.8) is 0 Å². The molecule has 0 unspecified atom stereocenters. The lowest BCUT2D eigenvalue weighted by atomic mass is 10.1. The topological polar surface area (TPSA) is 46.2 Å². The van der Waals surface area contributed by atoms with Gasteiger partial charge in [-0.3, -0.25) is 0 Å². The molecule has 0 bridgehead atoms. The summed E-state index contributed by atoms with van der Waals surface area (Å²) in [6.07, 6.45) is 0. The fraction of sp³-hybridized carbons (Fsp3) is 0.250. The van der Waals surface area contributed by atoms with Gasteiger partial charge >= 0.3 is 0 Å². The molecule has 1 rings (SSSR count). The Morgan fingerprint density at radius 3 is 2.62 bits per heavy atom. The van der Waals surface area contributed by atoms with E-state index >= 15 is 0 Å². The van der Waals surface area contributed by atoms with Crippen molar-refractivity contribution < 1.29 is 13.9 Å². The van der Waals surface area contributed by atoms with Crippen LogP contribution in [0.25, 0.3) is 0 Å². The molecule has 0 fully saturated rings. The summed E-state index contributed by atoms with van der Waals surface area (Å²) in [6, 6.07) is 1.02. The molecular weight excluding hydrogens is 200 g/mol. The number of aliphatic hydroxyl groups is 1. The molecule has 2 nitrogen and oxygen atoms in total. The van der Waals surface area contributed by atoms with Gasteiger partial charge in [0.05, 0.1) is 17.7 Å². The number of hydrogen-bond donors (Lipinski definition) is 2. The van der Waals surface area contributed by atoms with Gasteiger partial charge in [0.15, 0.2) is 0 Å². The molecule has 1 aromatic rings. The van der Waals surface area contributed by atoms with Crippen LogP contribution in [-0.4, -0.2) is 11.7 Å². The van der Waals surface area contributed by atoms with Gasteiger partial charge in [0, 0.05) is 5.56 Å². The molecule has 0 aliphatic heterocycles. The fourth-order valence-electron chi connectivity index (χ4n) is 0.974. The summed E-state index contributed by atoms with van der Waals surface area (Å²) in [6.45, 7) is -0.534. The van der Waals surface area contributed by atoms with Crippen molar-refractivity contribution in [2.75, 3.05) is 6.61 Å². The van der Waals surface area contributed by atoms with Crippen LogP contribution in [0.1, 0.15) is 11.6 Å². The maximum Gasteiger partial charge on any atom is 0.149 e. The van der Waals surface area contributed by atoms with E-state index in [0.29, 0.717) is 0 Å². The largest absolute Gasteiger partial charge is 0.394 e. The van der Waals surface area contributed by atoms with Gasteiger partial charge in [0.2, 0.25) is 0 Å². The van der Waals surface area contributed by atoms with Crippen LogP contribution in [0.2, 0.25) is 5.02 Å². The summed E-state index contributed by atoms with van der Waals surface area (Å²) >= 11 is 5.41. The first-order chi connectivity index (χ1) is 6.07. The molecule has 0 radical (unpaired) electrons. The van der Waals surface area contributed by atoms with Gasteiger partial charge in [0.1, 0.15) is 11.6 Å². The molecule has 1 aromatic carbocycles. The lowest BCUT2D eigenvalue weighted by Crippen LogP contribution is -2.18. The predicted molar refractivity (Wildman–Crippen MR) is 45.4 cm³/mol. The van der Waals surface area contributed by atoms with Crippen molar-refractivity contribution >= 4 is 11.6 Å². The summed E-state index contributed by atoms with van der Waals surface area (Å²) in [7, 11) is 0. The molecule has 0 amide bonds. The predicted octanol–water partition coefficient (Wildman–Crippen LogP) is 1.61. The Labute approximate surface area is 78.9 Å². The molecular formula is C8H8ClF2NO. The Morgan fingerprint density at radius 2 is 2.08 bits per heavy atom. The zero-order valence-corrected chi connectivity index (χ0v) is 7.35. The van der Waals surface area contributed by atoms with E-state index in [1.54, 1.807) is 0 Å². The highest BCUT2D eigenvalue weighted by molar-refractivity contribution is 6.30. The van der Waals surface area contributed by atoms with E-state index in [0.717, 1.165) is 12.1 Å². The van der Waals surface area contributed by atoms with Crippen LogP contribution in [0.4, 0.5) is 8.78 Å². The van der Waals surface area contributed by atoms with Gasteiger partial charge in [-0.1, -0.05) is 11.6 Å². The van der Waals surface area contributed by atoms with Crippen LogP contribution in [0.15, 0.2) is 12.1 Å². The van der Waals surface area contributed by atoms with Crippen LogP contribution in [-0.2, 0) is 0 Å². The zero-order chi connectivity index (χ0) is 10.0. The monoisotopic (exact) mass is 207 g/mol. The number of halogens is 3. The molecule has 0 aliphatic rings. The first-order valence-corrected chi connectivity index (χ1v) is 3.95. The molecule has 0 spiro atoms. The SMILES string of the molecule is N[C@H](CO)c1c(F)ccc(Cl)c1F. The molecule has 13 heavy (non-hydrogen) atoms. The van der Waals surface area contributed by atoms with Crippen LogP contribution in [0.3, 0.4) is 0 Å². The second kappa shape index (κ2) is 4.00. The second-order valence-corrected chi connectivity index (χ2v) is 2.95. The third-order valence-corrected chi connectivity index (χ3v) is 1.94. The summed E-state index contributed by atoms with van der Waals surface area (Å²) in [5.74, 6) is -1.72. The van der Waals surface area contributed by atoms with Gasteiger partial charge in [-0.15, -0.1) is 0 Å². The minimum atomic E-state index is -1.08. The standard InChI is InChI=1S/C8H8ClF2NO/c9-4-1-2-5(10)7(8(4)11)6(12)3-13/h1-2,6,13H,3,12H2/t6-/m1/s1. The molecule has 3 N–H and O–H groups in total. The van der Waals surface area contributed by atoms with E-state index in [9.17, 15) is 8.78 Å². The molecule has 0 heterocycles. The smallest absolute Gasteiger partial charge is 0.149 e. The van der Waals surface area contributed by atoms with Crippen molar-refractivity contribution in [3.05, 3.63) is 34.4 Å². The quantitative estimate of drug-likeness (QED) is 0.724. The highest BCUT2D eigenvalue weighted by Gasteiger charge is 2.18. The van der Waals surface area contributed by atoms with Crippen molar-refractivity contribution in [2.45, 2.75) is 6.04 Å². The number of hydrogen-bond acceptors (Lipinski definition) is 2. The van der Waals surface area contributed by atoms with Crippen molar-refractivity contribution in [3.8, 4) is 0 Å². The Balaban J connectivity index is 3.25. The number of aliphatic hydroxyl groups excluding tert-OH is 1. The Kier molecular flexibility index (Phi) is 3.19. The number of nitrogens with two attached hydrogens (primary N) is 1. The van der Waals surface area contributed by atoms with E-state index < -0.39 is 24.3 Å². The number of rotatable bonds is 2. The van der Waals surface area contributed by atoms with Gasteiger partial charge in [0.25, 0.3) is 0 Å². The molecule has 1 atom stereocenters. The van der Waals surface area contributed by atoms with E-state index in [1.165, 1.54) is 0 Å². The average Bonchev–Trinajstić information content (AvgIpc) is 2.12. The number of benzene rings is 1. The van der Waals surface area contributed by atoms with Crippen LogP contribution in [0, 0.1) is 11.6 Å². The summed E-state index contributed by atoms with van der Waals surface area (Å²) in [5.41, 5.74) is 4.90. The van der Waals surface area contributed by atoms with Gasteiger partial charge < -0.3 is 10.8 Å². The van der Waals surface area contributed by atoms with E-state index in [-0.39, 0.29) is 10.6 Å². The first-order valence-electron chi connectivity index (χ1n) is 3.57. The van der Waals surface area contributed by atoms with Crippen LogP contribution in [0.5, 0.6) is 0 Å². The van der Waals surface area contributed by atoms with E-state index in [1.807, 2.05) is 0 Å². The fourth-order valence-corrected chi connectivity index (χ4v) is 1.14. The van der Waals surface area contributed by atoms with Gasteiger partial charge in [-0.2, -0.15) is 0 Å². The maximum atomic E-state index is 13.1. The average molecular weight is 208 g/mol. The lowest BCUT2D eigenvalue weighted by Gasteiger charge is -2.11. The lowest BCUT2D eigenvalue weighted by molar-refractivity contribution is 0.262. The third-order valence-electron chi connectivity index (χ3n) is 1.65. The van der Waals surface area contributed by atoms with E-state index in [4.69, 9.17) is 22.4 Å². The highest BCUT2D eigenvalue weighted by Crippen LogP contribution is 2.24. The Hall–Kier alpha value is -0.710. The highest BCUT2D eigenvalue weighted by atomic mass is 35.5. The maximum absolute atomic E-state index is 13.1. The van der Waals surface area contributed by atoms with Crippen LogP contribution >= 0.6 is 11.6 Å². The normalized spacial score (nSPS) is 13.0. The third kappa shape index (κ3) is 1.96. The molecule has 0 saturated heterocycles. The zero-order valence-electron chi connectivity index (χ0n) is 6.60. The molecule has 5 heteroatoms. The Bertz CT molecular complexity index is 319. The van der Waals surface area contributed by atoms with Crippen molar-refractivity contribution in [2.24, 2.45) is 5.73 Å². The Morgan fingerprint density at radius 1 is 1.46 bits per heavy atom. The molecule has 0 saturated carbocycles. The summed E-state index contributed by atoms with van der Waals surface area (Å²) in [4.78, 5) is 0. The van der Waals surface area contributed by atoms with Crippen molar-refractivity contribution in [1.29, 1.82) is 0 Å². The summed E-state index contributed by atoms with van der Waals surface area (Å²) in [5, 5.41) is 8.42.